The normalized spacial score (nSPS) is 10.7. The molecule has 0 aliphatic heterocycles. The monoisotopic (exact) mass is 357 g/mol. The van der Waals surface area contributed by atoms with E-state index < -0.39 is 0 Å². The van der Waals surface area contributed by atoms with Gasteiger partial charge in [0.15, 0.2) is 0 Å². The number of aromatic nitrogens is 4. The van der Waals surface area contributed by atoms with Gasteiger partial charge in [0.1, 0.15) is 5.69 Å². The molecule has 4 rings (SSSR count). The van der Waals surface area contributed by atoms with Gasteiger partial charge in [0, 0.05) is 30.4 Å². The van der Waals surface area contributed by atoms with Gasteiger partial charge in [-0.25, -0.2) is 9.67 Å². The maximum atomic E-state index is 12.8. The number of nitrogens with zero attached hydrogens (tertiary/aromatic N) is 3. The summed E-state index contributed by atoms with van der Waals surface area (Å²) in [6, 6.07) is 21.3. The van der Waals surface area contributed by atoms with Crippen LogP contribution in [-0.4, -0.2) is 32.2 Å². The highest BCUT2D eigenvalue weighted by Crippen LogP contribution is 2.21. The van der Waals surface area contributed by atoms with Gasteiger partial charge in [-0.2, -0.15) is 5.10 Å². The van der Waals surface area contributed by atoms with Crippen molar-refractivity contribution in [3.63, 3.8) is 0 Å². The molecule has 2 aromatic carbocycles. The van der Waals surface area contributed by atoms with Crippen LogP contribution >= 0.6 is 0 Å². The highest BCUT2D eigenvalue weighted by atomic mass is 16.2. The molecule has 27 heavy (non-hydrogen) atoms. The average Bonchev–Trinajstić information content (AvgIpc) is 3.39. The number of H-pyrrole nitrogens is 1. The molecule has 0 bridgehead atoms. The standard InChI is InChI=1S/C21H19N5O/c27-21(23-12-11-17-14-22-15-24-17)20-13-19(16-7-3-1-4-8-16)25-26(20)18-9-5-2-6-10-18/h1-10,13-15H,11-12H2,(H,22,24)(H,23,27). The van der Waals surface area contributed by atoms with Crippen molar-refractivity contribution >= 4 is 5.91 Å². The molecule has 2 N–H and O–H groups in total. The van der Waals surface area contributed by atoms with Gasteiger partial charge >= 0.3 is 0 Å². The van der Waals surface area contributed by atoms with E-state index in [1.165, 1.54) is 0 Å². The van der Waals surface area contributed by atoms with E-state index in [1.807, 2.05) is 66.7 Å². The van der Waals surface area contributed by atoms with Crippen molar-refractivity contribution in [1.82, 2.24) is 25.1 Å². The van der Waals surface area contributed by atoms with Gasteiger partial charge in [-0.05, 0) is 18.2 Å². The van der Waals surface area contributed by atoms with Gasteiger partial charge < -0.3 is 10.3 Å². The number of hydrogen-bond acceptors (Lipinski definition) is 3. The Morgan fingerprint density at radius 2 is 1.78 bits per heavy atom. The van der Waals surface area contributed by atoms with Crippen LogP contribution in [-0.2, 0) is 6.42 Å². The number of hydrogen-bond donors (Lipinski definition) is 2. The summed E-state index contributed by atoms with van der Waals surface area (Å²) in [4.78, 5) is 19.8. The molecule has 1 amide bonds. The van der Waals surface area contributed by atoms with Gasteiger partial charge in [-0.3, -0.25) is 4.79 Å². The zero-order valence-electron chi connectivity index (χ0n) is 14.7. The van der Waals surface area contributed by atoms with Gasteiger partial charge in [-0.1, -0.05) is 48.5 Å². The van der Waals surface area contributed by atoms with Gasteiger partial charge in [0.05, 0.1) is 17.7 Å². The second kappa shape index (κ2) is 7.70. The predicted molar refractivity (Wildman–Crippen MR) is 104 cm³/mol. The molecule has 0 unspecified atom stereocenters. The number of aromatic amines is 1. The molecule has 2 heterocycles. The van der Waals surface area contributed by atoms with Crippen LogP contribution < -0.4 is 5.32 Å². The third kappa shape index (κ3) is 3.79. The van der Waals surface area contributed by atoms with E-state index in [-0.39, 0.29) is 5.91 Å². The molecule has 0 fully saturated rings. The molecule has 4 aromatic rings. The first-order chi connectivity index (χ1) is 13.3. The third-order valence-electron chi connectivity index (χ3n) is 4.25. The predicted octanol–water partition coefficient (Wildman–Crippen LogP) is 3.23. The van der Waals surface area contributed by atoms with Gasteiger partial charge in [0.2, 0.25) is 0 Å². The Hall–Kier alpha value is -3.67. The number of para-hydroxylation sites is 1. The number of carbonyl (C=O) groups excluding carboxylic acids is 1. The number of nitrogens with one attached hydrogen (secondary N) is 2. The van der Waals surface area contributed by atoms with Crippen LogP contribution in [0.1, 0.15) is 16.2 Å². The molecule has 2 aromatic heterocycles. The van der Waals surface area contributed by atoms with E-state index in [9.17, 15) is 4.79 Å². The van der Waals surface area contributed by atoms with Crippen LogP contribution in [0.15, 0.2) is 79.3 Å². The minimum absolute atomic E-state index is 0.159. The van der Waals surface area contributed by atoms with Gasteiger partial charge in [-0.15, -0.1) is 0 Å². The minimum atomic E-state index is -0.159. The fourth-order valence-corrected chi connectivity index (χ4v) is 2.88. The summed E-state index contributed by atoms with van der Waals surface area (Å²) in [5, 5.41) is 7.63. The van der Waals surface area contributed by atoms with Crippen LogP contribution in [0.25, 0.3) is 16.9 Å². The molecule has 0 saturated carbocycles. The zero-order valence-corrected chi connectivity index (χ0v) is 14.7. The van der Waals surface area contributed by atoms with E-state index in [0.717, 1.165) is 22.6 Å². The van der Waals surface area contributed by atoms with Crippen molar-refractivity contribution < 1.29 is 4.79 Å². The van der Waals surface area contributed by atoms with Crippen molar-refractivity contribution in [3.8, 4) is 16.9 Å². The lowest BCUT2D eigenvalue weighted by molar-refractivity contribution is 0.0946. The molecule has 0 atom stereocenters. The first-order valence-corrected chi connectivity index (χ1v) is 8.77. The van der Waals surface area contributed by atoms with E-state index >= 15 is 0 Å². The smallest absolute Gasteiger partial charge is 0.270 e. The average molecular weight is 357 g/mol. The number of carbonyl (C=O) groups is 1. The maximum Gasteiger partial charge on any atom is 0.270 e. The highest BCUT2D eigenvalue weighted by Gasteiger charge is 2.17. The summed E-state index contributed by atoms with van der Waals surface area (Å²) in [5.74, 6) is -0.159. The molecular formula is C21H19N5O. The van der Waals surface area contributed by atoms with Crippen LogP contribution in [0.2, 0.25) is 0 Å². The van der Waals surface area contributed by atoms with Crippen molar-refractivity contribution in [3.05, 3.63) is 90.6 Å². The second-order valence-corrected chi connectivity index (χ2v) is 6.11. The Labute approximate surface area is 156 Å². The lowest BCUT2D eigenvalue weighted by atomic mass is 10.1. The number of imidazole rings is 1. The van der Waals surface area contributed by atoms with Crippen LogP contribution in [0.4, 0.5) is 0 Å². The Balaban J connectivity index is 1.61. The van der Waals surface area contributed by atoms with Crippen molar-refractivity contribution in [1.29, 1.82) is 0 Å². The molecule has 134 valence electrons. The van der Waals surface area contributed by atoms with E-state index in [1.54, 1.807) is 17.2 Å². The molecular weight excluding hydrogens is 338 g/mol. The number of amides is 1. The lowest BCUT2D eigenvalue weighted by Crippen LogP contribution is -2.27. The van der Waals surface area contributed by atoms with Gasteiger partial charge in [0.25, 0.3) is 5.91 Å². The fraction of sp³-hybridized carbons (Fsp3) is 0.0952. The summed E-state index contributed by atoms with van der Waals surface area (Å²) >= 11 is 0. The Morgan fingerprint density at radius 3 is 2.48 bits per heavy atom. The summed E-state index contributed by atoms with van der Waals surface area (Å²) in [6.45, 7) is 0.516. The fourth-order valence-electron chi connectivity index (χ4n) is 2.88. The van der Waals surface area contributed by atoms with E-state index in [4.69, 9.17) is 0 Å². The van der Waals surface area contributed by atoms with E-state index in [0.29, 0.717) is 18.7 Å². The van der Waals surface area contributed by atoms with Crippen molar-refractivity contribution in [2.24, 2.45) is 0 Å². The Bertz CT molecular complexity index is 1010. The van der Waals surface area contributed by atoms with Crippen molar-refractivity contribution in [2.45, 2.75) is 6.42 Å². The van der Waals surface area contributed by atoms with E-state index in [2.05, 4.69) is 20.4 Å². The first-order valence-electron chi connectivity index (χ1n) is 8.77. The minimum Gasteiger partial charge on any atom is -0.350 e. The van der Waals surface area contributed by atoms with Crippen molar-refractivity contribution in [2.75, 3.05) is 6.54 Å². The topological polar surface area (TPSA) is 75.6 Å². The summed E-state index contributed by atoms with van der Waals surface area (Å²) < 4.78 is 1.69. The lowest BCUT2D eigenvalue weighted by Gasteiger charge is -2.08. The van der Waals surface area contributed by atoms with Crippen LogP contribution in [0.3, 0.4) is 0 Å². The Morgan fingerprint density at radius 1 is 1.04 bits per heavy atom. The quantitative estimate of drug-likeness (QED) is 0.556. The van der Waals surface area contributed by atoms with Crippen LogP contribution in [0, 0.1) is 0 Å². The number of rotatable bonds is 6. The molecule has 0 radical (unpaired) electrons. The number of benzene rings is 2. The molecule has 6 nitrogen and oxygen atoms in total. The first kappa shape index (κ1) is 16.8. The molecule has 0 saturated heterocycles. The summed E-state index contributed by atoms with van der Waals surface area (Å²) in [5.41, 5.74) is 4.07. The zero-order chi connectivity index (χ0) is 18.5. The molecule has 0 aliphatic carbocycles. The summed E-state index contributed by atoms with van der Waals surface area (Å²) in [7, 11) is 0. The molecule has 6 heteroatoms. The maximum absolute atomic E-state index is 12.8. The Kier molecular flexibility index (Phi) is 4.78. The SMILES string of the molecule is O=C(NCCc1cnc[nH]1)c1cc(-c2ccccc2)nn1-c1ccccc1. The van der Waals surface area contributed by atoms with Crippen LogP contribution in [0.5, 0.6) is 0 Å². The highest BCUT2D eigenvalue weighted by molar-refractivity contribution is 5.94. The molecule has 0 spiro atoms. The summed E-state index contributed by atoms with van der Waals surface area (Å²) in [6.07, 6.45) is 4.08. The third-order valence-corrected chi connectivity index (χ3v) is 4.25. The second-order valence-electron chi connectivity index (χ2n) is 6.11. The largest absolute Gasteiger partial charge is 0.350 e. The molecule has 0 aliphatic rings.